The first-order valence-corrected chi connectivity index (χ1v) is 32.3. The Balaban J connectivity index is 0.000000190. The number of halogens is 2. The summed E-state index contributed by atoms with van der Waals surface area (Å²) in [6.45, 7) is 16.6. The monoisotopic (exact) mass is 1300 g/mol. The molecular weight excluding hydrogens is 1220 g/mol. The van der Waals surface area contributed by atoms with Crippen LogP contribution in [0.2, 0.25) is 10.0 Å². The van der Waals surface area contributed by atoms with E-state index in [-0.39, 0.29) is 47.1 Å². The Morgan fingerprint density at radius 1 is 0.560 bits per heavy atom. The van der Waals surface area contributed by atoms with Gasteiger partial charge >= 0.3 is 0 Å². The lowest BCUT2D eigenvalue weighted by Crippen LogP contribution is -2.57. The molecule has 6 aromatic carbocycles. The minimum absolute atomic E-state index is 0.0456. The molecule has 480 valence electrons. The Kier molecular flexibility index (Phi) is 22.8. The number of carbonyl (C=O) groups excluding carboxylic acids is 6. The lowest BCUT2D eigenvalue weighted by Gasteiger charge is -2.44. The number of nitrogens with one attached hydrogen (secondary N) is 1. The lowest BCUT2D eigenvalue weighted by molar-refractivity contribution is -0.124. The van der Waals surface area contributed by atoms with Crippen molar-refractivity contribution < 1.29 is 47.4 Å². The average Bonchev–Trinajstić information content (AvgIpc) is 1.73. The van der Waals surface area contributed by atoms with Crippen molar-refractivity contribution in [2.24, 2.45) is 5.90 Å². The standard InChI is InChI=1S/C28H34ClN5O4.C28H33ClN4O4.C12H12NO2P/c1-6-38-25-12-24-21(23(16-34(24)30)26(35)28(37)31(4)5)11-22(25)27(36)33-14-17(2)32(13-18(33)3)15-19-8-7-9-20(29)10-19;1-6-37-25-12-24-21(23(13-30-24)26(34)28(36)31(4)5)11-22(25)27(35)33-15-17(2)32(14-18(33)3)16-19-8-7-9-20(29)10-19;13-15-16(14,11-7-3-1-4-8-11)12-9-5-2-6-10-12/h7-12,16-18H,6,13-15,30H2,1-5H3;7-13,17-18,30H,6,14-16H2,1-5H3;1-10H,13H2/t2*17-,18+;/m00./s1. The van der Waals surface area contributed by atoms with Crippen LogP contribution in [-0.4, -0.2) is 166 Å². The van der Waals surface area contributed by atoms with E-state index in [1.807, 2.05) is 116 Å². The van der Waals surface area contributed by atoms with Gasteiger partial charge in [-0.1, -0.05) is 83.9 Å². The molecule has 4 amide bonds. The molecule has 0 bridgehead atoms. The molecule has 0 spiro atoms. The number of Topliss-reactive ketones (excluding diaryl/α,β-unsaturated/α-hetero) is 2. The highest BCUT2D eigenvalue weighted by atomic mass is 35.5. The number of benzene rings is 6. The van der Waals surface area contributed by atoms with Gasteiger partial charge in [0.25, 0.3) is 42.6 Å². The maximum atomic E-state index is 13.9. The lowest BCUT2D eigenvalue weighted by atomic mass is 10.0. The number of hydrogen-bond donors (Lipinski definition) is 3. The molecule has 4 heterocycles. The zero-order chi connectivity index (χ0) is 66.0. The molecule has 2 aliphatic heterocycles. The van der Waals surface area contributed by atoms with Crippen molar-refractivity contribution in [3.63, 3.8) is 0 Å². The van der Waals surface area contributed by atoms with E-state index in [1.54, 1.807) is 48.5 Å². The summed E-state index contributed by atoms with van der Waals surface area (Å²) in [4.78, 5) is 92.2. The number of amides is 4. The van der Waals surface area contributed by atoms with Crippen LogP contribution >= 0.6 is 30.6 Å². The van der Waals surface area contributed by atoms with Crippen molar-refractivity contribution >= 4 is 98.2 Å². The molecule has 23 heteroatoms. The first kappa shape index (κ1) is 68.6. The molecule has 0 radical (unpaired) electrons. The first-order valence-electron chi connectivity index (χ1n) is 29.9. The quantitative estimate of drug-likeness (QED) is 0.0253. The minimum Gasteiger partial charge on any atom is -0.493 e. The van der Waals surface area contributed by atoms with Crippen LogP contribution in [0.15, 0.2) is 146 Å². The molecule has 8 aromatic rings. The highest BCUT2D eigenvalue weighted by Crippen LogP contribution is 2.42. The van der Waals surface area contributed by atoms with E-state index in [4.69, 9.17) is 49.0 Å². The normalized spacial score (nSPS) is 16.9. The molecule has 2 fully saturated rings. The summed E-state index contributed by atoms with van der Waals surface area (Å²) < 4.78 is 30.4. The van der Waals surface area contributed by atoms with Gasteiger partial charge in [-0.2, -0.15) is 0 Å². The third kappa shape index (κ3) is 15.7. The smallest absolute Gasteiger partial charge is 0.294 e. The molecule has 5 N–H and O–H groups in total. The Morgan fingerprint density at radius 3 is 1.43 bits per heavy atom. The van der Waals surface area contributed by atoms with Crippen LogP contribution in [-0.2, 0) is 31.9 Å². The number of ketones is 2. The van der Waals surface area contributed by atoms with Gasteiger partial charge < -0.3 is 39.9 Å². The second kappa shape index (κ2) is 30.2. The average molecular weight is 1300 g/mol. The van der Waals surface area contributed by atoms with Crippen molar-refractivity contribution in [2.45, 2.75) is 78.8 Å². The SMILES string of the molecule is CCOc1cc2[nH]cc(C(=O)C(=O)N(C)C)c2cc1C(=O)N1C[C@H](C)N(Cc2cccc(Cl)c2)C[C@H]1C.CCOc1cc2c(cc1C(=O)N1C[C@H](C)N(Cc3cccc(Cl)c3)C[C@H]1C)c(C(=O)C(=O)N(C)C)cn2N.NOP(=O)(c1ccccc1)c1ccccc1. The maximum absolute atomic E-state index is 13.9. The second-order valence-electron chi connectivity index (χ2n) is 23.1. The van der Waals surface area contributed by atoms with Gasteiger partial charge in [0.05, 0.1) is 41.0 Å². The fraction of sp³-hybridized carbons (Fsp3) is 0.324. The van der Waals surface area contributed by atoms with Crippen LogP contribution in [0.4, 0.5) is 0 Å². The van der Waals surface area contributed by atoms with Gasteiger partial charge in [0.1, 0.15) is 11.5 Å². The number of aromatic amines is 1. The van der Waals surface area contributed by atoms with E-state index >= 15 is 0 Å². The second-order valence-corrected chi connectivity index (χ2v) is 26.3. The van der Waals surface area contributed by atoms with Crippen molar-refractivity contribution in [2.75, 3.05) is 73.4 Å². The van der Waals surface area contributed by atoms with E-state index in [1.165, 1.54) is 55.1 Å². The van der Waals surface area contributed by atoms with E-state index in [0.29, 0.717) is 104 Å². The third-order valence-electron chi connectivity index (χ3n) is 16.1. The number of likely N-dealkylation sites (N-methyl/N-ethyl adjacent to an activating group) is 2. The van der Waals surface area contributed by atoms with Crippen molar-refractivity contribution in [3.05, 3.63) is 189 Å². The molecule has 2 saturated heterocycles. The zero-order valence-electron chi connectivity index (χ0n) is 52.9. The number of nitrogen functional groups attached to an aromatic ring is 1. The molecule has 0 saturated carbocycles. The molecule has 0 unspecified atom stereocenters. The number of H-pyrrole nitrogens is 1. The van der Waals surface area contributed by atoms with E-state index in [2.05, 4.69) is 34.7 Å². The first-order chi connectivity index (χ1) is 43.4. The van der Waals surface area contributed by atoms with Gasteiger partial charge in [-0.15, -0.1) is 0 Å². The number of aromatic nitrogens is 2. The van der Waals surface area contributed by atoms with Gasteiger partial charge in [0.15, 0.2) is 0 Å². The fourth-order valence-electron chi connectivity index (χ4n) is 11.3. The molecule has 2 aromatic heterocycles. The van der Waals surface area contributed by atoms with E-state index in [0.717, 1.165) is 24.2 Å². The predicted octanol–water partition coefficient (Wildman–Crippen LogP) is 9.44. The van der Waals surface area contributed by atoms with Gasteiger partial charge in [-0.3, -0.25) is 47.8 Å². The Hall–Kier alpha value is -8.33. The van der Waals surface area contributed by atoms with Crippen molar-refractivity contribution in [1.82, 2.24) is 39.1 Å². The van der Waals surface area contributed by atoms with Crippen molar-refractivity contribution in [1.29, 1.82) is 0 Å². The number of nitrogens with two attached hydrogens (primary N) is 2. The van der Waals surface area contributed by atoms with E-state index < -0.39 is 30.7 Å². The maximum Gasteiger partial charge on any atom is 0.294 e. The van der Waals surface area contributed by atoms with Crippen LogP contribution in [0.1, 0.15) is 94.1 Å². The van der Waals surface area contributed by atoms with Gasteiger partial charge in [0, 0.05) is 153 Å². The van der Waals surface area contributed by atoms with Gasteiger partial charge in [0.2, 0.25) is 0 Å². The summed E-state index contributed by atoms with van der Waals surface area (Å²) in [5.74, 6) is 9.19. The molecule has 91 heavy (non-hydrogen) atoms. The number of ether oxygens (including phenoxy) is 2. The molecule has 4 atom stereocenters. The number of hydrogen-bond acceptors (Lipinski definition) is 14. The summed E-state index contributed by atoms with van der Waals surface area (Å²) in [6, 6.07) is 40.4. The van der Waals surface area contributed by atoms with Crippen LogP contribution in [0.3, 0.4) is 0 Å². The van der Waals surface area contributed by atoms with Crippen LogP contribution in [0, 0.1) is 0 Å². The Bertz CT molecular complexity index is 3950. The summed E-state index contributed by atoms with van der Waals surface area (Å²) >= 11 is 12.3. The molecule has 10 rings (SSSR count). The number of fused-ring (bicyclic) bond motifs is 2. The molecule has 0 aliphatic carbocycles. The van der Waals surface area contributed by atoms with Crippen molar-refractivity contribution in [3.8, 4) is 11.5 Å². The summed E-state index contributed by atoms with van der Waals surface area (Å²) in [5, 5.41) is 3.56. The van der Waals surface area contributed by atoms with Gasteiger partial charge in [-0.25, -0.2) is 10.5 Å². The topological polar surface area (TPSA) is 239 Å². The minimum atomic E-state index is -3.13. The van der Waals surface area contributed by atoms with Gasteiger partial charge in [-0.05, 0) is 113 Å². The molecular formula is C68H79Cl2N10O10P. The molecule has 20 nitrogen and oxygen atoms in total. The Morgan fingerprint density at radius 2 is 1.00 bits per heavy atom. The Labute approximate surface area is 540 Å². The largest absolute Gasteiger partial charge is 0.493 e. The number of piperazine rings is 2. The highest BCUT2D eigenvalue weighted by molar-refractivity contribution is 7.74. The summed E-state index contributed by atoms with van der Waals surface area (Å²) in [6.07, 6.45) is 2.93. The zero-order valence-corrected chi connectivity index (χ0v) is 55.3. The highest BCUT2D eigenvalue weighted by Gasteiger charge is 2.37. The number of nitrogens with zero attached hydrogens (tertiary/aromatic N) is 7. The van der Waals surface area contributed by atoms with Crippen LogP contribution in [0.25, 0.3) is 21.8 Å². The molecule has 2 aliphatic rings. The number of carbonyl (C=O) groups is 6. The van der Waals surface area contributed by atoms with Crippen LogP contribution in [0.5, 0.6) is 11.5 Å². The van der Waals surface area contributed by atoms with E-state index in [9.17, 15) is 33.3 Å². The summed E-state index contributed by atoms with van der Waals surface area (Å²) in [7, 11) is 2.96. The third-order valence-corrected chi connectivity index (χ3v) is 18.8. The predicted molar refractivity (Wildman–Crippen MR) is 357 cm³/mol. The fourth-order valence-corrected chi connectivity index (χ4v) is 13.4. The number of rotatable bonds is 17. The van der Waals surface area contributed by atoms with Crippen LogP contribution < -0.4 is 31.8 Å². The summed E-state index contributed by atoms with van der Waals surface area (Å²) in [5.41, 5.74) is 4.46.